The van der Waals surface area contributed by atoms with Gasteiger partial charge in [0.2, 0.25) is 5.91 Å². The molecule has 2 fully saturated rings. The van der Waals surface area contributed by atoms with Gasteiger partial charge in [-0.25, -0.2) is 4.79 Å². The highest BCUT2D eigenvalue weighted by molar-refractivity contribution is 5.87. The van der Waals surface area contributed by atoms with E-state index in [1.54, 1.807) is 10.9 Å². The summed E-state index contributed by atoms with van der Waals surface area (Å²) in [5.41, 5.74) is 3.14. The third-order valence-corrected chi connectivity index (χ3v) is 6.99. The molecule has 0 radical (unpaired) electrons. The van der Waals surface area contributed by atoms with Crippen LogP contribution in [0, 0.1) is 5.92 Å². The summed E-state index contributed by atoms with van der Waals surface area (Å²) in [5.74, 6) is -0.513. The maximum atomic E-state index is 13.2. The average Bonchev–Trinajstić information content (AvgIpc) is 3.20. The number of hydrogen-bond donors (Lipinski definition) is 1. The molecule has 146 valence electrons. The summed E-state index contributed by atoms with van der Waals surface area (Å²) in [5, 5.41) is 13.3. The average molecular weight is 379 g/mol. The molecule has 28 heavy (non-hydrogen) atoms. The molecule has 2 heterocycles. The van der Waals surface area contributed by atoms with Gasteiger partial charge in [-0.3, -0.25) is 9.48 Å². The van der Waals surface area contributed by atoms with Crippen LogP contribution in [0.1, 0.15) is 59.6 Å². The molecule has 2 atom stereocenters. The molecule has 3 aliphatic rings. The summed E-state index contributed by atoms with van der Waals surface area (Å²) in [6.07, 6.45) is 9.06. The molecule has 1 aromatic heterocycles. The van der Waals surface area contributed by atoms with Crippen molar-refractivity contribution in [2.75, 3.05) is 13.1 Å². The quantitative estimate of drug-likeness (QED) is 0.889. The standard InChI is InChI=1S/C22H25N3O3/c26-20(19-12-22(19)9-3-5-15-4-1-2-6-18(15)22)24-10-7-17(8-11-24)25-14-16(13-23-25)21(27)28/h1-2,4,6,13-14,17,19H,3,5,7-12H2,(H,27,28). The van der Waals surface area contributed by atoms with E-state index in [9.17, 15) is 9.59 Å². The number of aromatic nitrogens is 2. The Morgan fingerprint density at radius 1 is 1.18 bits per heavy atom. The van der Waals surface area contributed by atoms with Crippen LogP contribution in [0.25, 0.3) is 0 Å². The number of amides is 1. The van der Waals surface area contributed by atoms with Crippen LogP contribution in [-0.2, 0) is 16.6 Å². The molecule has 1 spiro atoms. The lowest BCUT2D eigenvalue weighted by Crippen LogP contribution is -2.41. The van der Waals surface area contributed by atoms with E-state index >= 15 is 0 Å². The van der Waals surface area contributed by atoms with Gasteiger partial charge in [0.05, 0.1) is 17.8 Å². The highest BCUT2D eigenvalue weighted by atomic mass is 16.4. The lowest BCUT2D eigenvalue weighted by molar-refractivity contribution is -0.134. The molecule has 1 amide bonds. The van der Waals surface area contributed by atoms with Gasteiger partial charge in [-0.15, -0.1) is 0 Å². The van der Waals surface area contributed by atoms with Crippen molar-refractivity contribution in [1.82, 2.24) is 14.7 Å². The normalized spacial score (nSPS) is 26.9. The number of aryl methyl sites for hydroxylation is 1. The predicted molar refractivity (Wildman–Crippen MR) is 103 cm³/mol. The Kier molecular flexibility index (Phi) is 4.03. The summed E-state index contributed by atoms with van der Waals surface area (Å²) in [7, 11) is 0. The molecule has 1 aromatic carbocycles. The van der Waals surface area contributed by atoms with Gasteiger partial charge < -0.3 is 10.0 Å². The van der Waals surface area contributed by atoms with Crippen molar-refractivity contribution >= 4 is 11.9 Å². The molecule has 2 aromatic rings. The number of rotatable bonds is 3. The number of hydrogen-bond acceptors (Lipinski definition) is 3. The number of carbonyl (C=O) groups excluding carboxylic acids is 1. The van der Waals surface area contributed by atoms with Gasteiger partial charge in [0.1, 0.15) is 0 Å². The second-order valence-electron chi connectivity index (χ2n) is 8.49. The van der Waals surface area contributed by atoms with Gasteiger partial charge in [-0.05, 0) is 49.7 Å². The Hall–Kier alpha value is -2.63. The third-order valence-electron chi connectivity index (χ3n) is 6.99. The summed E-state index contributed by atoms with van der Waals surface area (Å²) in [4.78, 5) is 26.3. The molecule has 2 aliphatic carbocycles. The van der Waals surface area contributed by atoms with E-state index in [2.05, 4.69) is 29.4 Å². The zero-order valence-corrected chi connectivity index (χ0v) is 15.9. The van der Waals surface area contributed by atoms with Gasteiger partial charge in [-0.2, -0.15) is 5.10 Å². The predicted octanol–water partition coefficient (Wildman–Crippen LogP) is 3.04. The fourth-order valence-electron chi connectivity index (χ4n) is 5.38. The van der Waals surface area contributed by atoms with Gasteiger partial charge in [-0.1, -0.05) is 24.3 Å². The number of likely N-dealkylation sites (tertiary alicyclic amines) is 1. The lowest BCUT2D eigenvalue weighted by atomic mass is 9.78. The Labute approximate surface area is 164 Å². The van der Waals surface area contributed by atoms with Crippen LogP contribution in [-0.4, -0.2) is 44.8 Å². The van der Waals surface area contributed by atoms with Gasteiger partial charge in [0.15, 0.2) is 0 Å². The molecular formula is C22H25N3O3. The zero-order valence-electron chi connectivity index (χ0n) is 15.9. The molecule has 0 bridgehead atoms. The van der Waals surface area contributed by atoms with Crippen LogP contribution in [0.15, 0.2) is 36.7 Å². The van der Waals surface area contributed by atoms with Crippen molar-refractivity contribution in [1.29, 1.82) is 0 Å². The van der Waals surface area contributed by atoms with Gasteiger partial charge >= 0.3 is 5.97 Å². The molecule has 6 heteroatoms. The van der Waals surface area contributed by atoms with E-state index in [-0.39, 0.29) is 22.9 Å². The first kappa shape index (κ1) is 17.5. The fourth-order valence-corrected chi connectivity index (χ4v) is 5.38. The van der Waals surface area contributed by atoms with Crippen LogP contribution in [0.3, 0.4) is 0 Å². The molecule has 6 nitrogen and oxygen atoms in total. The van der Waals surface area contributed by atoms with E-state index < -0.39 is 5.97 Å². The first-order chi connectivity index (χ1) is 13.6. The summed E-state index contributed by atoms with van der Waals surface area (Å²) >= 11 is 0. The zero-order chi connectivity index (χ0) is 19.3. The monoisotopic (exact) mass is 379 g/mol. The SMILES string of the molecule is O=C(O)c1cnn(C2CCN(C(=O)C3CC34CCCc3ccccc34)CC2)c1. The van der Waals surface area contributed by atoms with E-state index in [1.165, 1.54) is 23.7 Å². The van der Waals surface area contributed by atoms with Crippen molar-refractivity contribution in [2.45, 2.75) is 50.0 Å². The van der Waals surface area contributed by atoms with Crippen molar-refractivity contribution in [3.63, 3.8) is 0 Å². The molecule has 1 aliphatic heterocycles. The molecule has 5 rings (SSSR count). The summed E-state index contributed by atoms with van der Waals surface area (Å²) in [6, 6.07) is 8.82. The number of fused-ring (bicyclic) bond motifs is 2. The Balaban J connectivity index is 1.25. The molecule has 2 unspecified atom stereocenters. The molecule has 1 saturated heterocycles. The smallest absolute Gasteiger partial charge is 0.338 e. The highest BCUT2D eigenvalue weighted by Gasteiger charge is 2.60. The number of piperidine rings is 1. The Morgan fingerprint density at radius 3 is 2.71 bits per heavy atom. The molecule has 1 saturated carbocycles. The number of benzene rings is 1. The third kappa shape index (κ3) is 2.74. The minimum absolute atomic E-state index is 0.0845. The lowest BCUT2D eigenvalue weighted by Gasteiger charge is -2.33. The maximum absolute atomic E-state index is 13.2. The first-order valence-corrected chi connectivity index (χ1v) is 10.2. The van der Waals surface area contributed by atoms with Crippen LogP contribution in [0.5, 0.6) is 0 Å². The van der Waals surface area contributed by atoms with E-state index in [0.29, 0.717) is 5.91 Å². The fraction of sp³-hybridized carbons (Fsp3) is 0.500. The molecular weight excluding hydrogens is 354 g/mol. The second kappa shape index (κ2) is 6.47. The highest BCUT2D eigenvalue weighted by Crippen LogP contribution is 2.61. The van der Waals surface area contributed by atoms with Gasteiger partial charge in [0.25, 0.3) is 0 Å². The van der Waals surface area contributed by atoms with Crippen LogP contribution in [0.2, 0.25) is 0 Å². The van der Waals surface area contributed by atoms with Crippen molar-refractivity contribution < 1.29 is 14.7 Å². The van der Waals surface area contributed by atoms with Crippen LogP contribution < -0.4 is 0 Å². The molecule has 1 N–H and O–H groups in total. The summed E-state index contributed by atoms with van der Waals surface area (Å²) < 4.78 is 1.75. The number of carboxylic acid groups (broad SMARTS) is 1. The summed E-state index contributed by atoms with van der Waals surface area (Å²) in [6.45, 7) is 1.44. The number of carboxylic acids is 1. The Bertz CT molecular complexity index is 929. The minimum atomic E-state index is -0.953. The van der Waals surface area contributed by atoms with Crippen molar-refractivity contribution in [2.24, 2.45) is 5.92 Å². The number of nitrogens with zero attached hydrogens (tertiary/aromatic N) is 3. The number of carbonyl (C=O) groups is 2. The van der Waals surface area contributed by atoms with Crippen molar-refractivity contribution in [3.05, 3.63) is 53.3 Å². The topological polar surface area (TPSA) is 75.4 Å². The first-order valence-electron chi connectivity index (χ1n) is 10.2. The van der Waals surface area contributed by atoms with Crippen molar-refractivity contribution in [3.8, 4) is 0 Å². The maximum Gasteiger partial charge on any atom is 0.338 e. The van der Waals surface area contributed by atoms with Crippen LogP contribution >= 0.6 is 0 Å². The van der Waals surface area contributed by atoms with E-state index in [0.717, 1.165) is 45.2 Å². The number of aromatic carboxylic acids is 1. The van der Waals surface area contributed by atoms with Crippen LogP contribution in [0.4, 0.5) is 0 Å². The minimum Gasteiger partial charge on any atom is -0.478 e. The van der Waals surface area contributed by atoms with E-state index in [4.69, 9.17) is 5.11 Å². The Morgan fingerprint density at radius 2 is 1.96 bits per heavy atom. The van der Waals surface area contributed by atoms with Gasteiger partial charge in [0, 0.05) is 30.6 Å². The largest absolute Gasteiger partial charge is 0.478 e. The van der Waals surface area contributed by atoms with E-state index in [1.807, 2.05) is 4.90 Å². The second-order valence-corrected chi connectivity index (χ2v) is 8.49.